The van der Waals surface area contributed by atoms with Crippen LogP contribution in [0, 0.1) is 0 Å². The van der Waals surface area contributed by atoms with E-state index >= 15 is 0 Å². The van der Waals surface area contributed by atoms with Crippen molar-refractivity contribution in [2.75, 3.05) is 13.1 Å². The Bertz CT molecular complexity index is 372. The van der Waals surface area contributed by atoms with Gasteiger partial charge in [0.05, 0.1) is 0 Å². The minimum Gasteiger partial charge on any atom is -0.459 e. The van der Waals surface area contributed by atoms with Crippen LogP contribution in [-0.4, -0.2) is 47.6 Å². The van der Waals surface area contributed by atoms with Gasteiger partial charge >= 0.3 is 5.97 Å². The molecule has 0 bridgehead atoms. The predicted octanol–water partition coefficient (Wildman–Crippen LogP) is 1.46. The van der Waals surface area contributed by atoms with E-state index in [-0.39, 0.29) is 17.9 Å². The molecule has 1 saturated carbocycles. The van der Waals surface area contributed by atoms with Crippen molar-refractivity contribution in [2.24, 2.45) is 0 Å². The van der Waals surface area contributed by atoms with Crippen molar-refractivity contribution in [1.82, 2.24) is 10.2 Å². The summed E-state index contributed by atoms with van der Waals surface area (Å²) in [5.41, 5.74) is -0.450. The van der Waals surface area contributed by atoms with Crippen LogP contribution in [-0.2, 0) is 14.3 Å². The first-order valence-corrected chi connectivity index (χ1v) is 7.61. The van der Waals surface area contributed by atoms with Crippen LogP contribution >= 0.6 is 0 Å². The molecule has 0 aromatic carbocycles. The topological polar surface area (TPSA) is 58.6 Å². The summed E-state index contributed by atoms with van der Waals surface area (Å²) in [6.45, 7) is 7.16. The van der Waals surface area contributed by atoms with Gasteiger partial charge in [-0.05, 0) is 53.0 Å². The van der Waals surface area contributed by atoms with Crippen molar-refractivity contribution in [1.29, 1.82) is 0 Å². The van der Waals surface area contributed by atoms with Gasteiger partial charge in [-0.1, -0.05) is 0 Å². The number of amides is 1. The number of carbonyl (C=O) groups is 2. The highest BCUT2D eigenvalue weighted by atomic mass is 16.6. The molecule has 0 aromatic rings. The van der Waals surface area contributed by atoms with E-state index in [0.29, 0.717) is 19.0 Å². The summed E-state index contributed by atoms with van der Waals surface area (Å²) in [4.78, 5) is 25.9. The van der Waals surface area contributed by atoms with E-state index in [1.807, 2.05) is 20.8 Å². The minimum absolute atomic E-state index is 0.0994. The standard InChI is InChI=1S/C15H26N2O3/c1-15(2,3)20-14(19)12-5-4-9-17(12)10-8-13(18)16-11-6-7-11/h11-12H,4-10H2,1-3H3,(H,16,18)/t12-/m1/s1. The highest BCUT2D eigenvalue weighted by molar-refractivity contribution is 5.78. The number of hydrogen-bond donors (Lipinski definition) is 1. The molecule has 0 aromatic heterocycles. The smallest absolute Gasteiger partial charge is 0.323 e. The lowest BCUT2D eigenvalue weighted by Gasteiger charge is -2.27. The van der Waals surface area contributed by atoms with E-state index in [9.17, 15) is 9.59 Å². The third-order valence-corrected chi connectivity index (χ3v) is 3.61. The number of hydrogen-bond acceptors (Lipinski definition) is 4. The van der Waals surface area contributed by atoms with Crippen molar-refractivity contribution in [2.45, 2.75) is 70.6 Å². The van der Waals surface area contributed by atoms with E-state index in [4.69, 9.17) is 4.74 Å². The van der Waals surface area contributed by atoms with Crippen LogP contribution in [0.3, 0.4) is 0 Å². The fourth-order valence-electron chi connectivity index (χ4n) is 2.50. The van der Waals surface area contributed by atoms with Gasteiger partial charge in [0.1, 0.15) is 11.6 Å². The first kappa shape index (κ1) is 15.3. The van der Waals surface area contributed by atoms with Gasteiger partial charge in [0, 0.05) is 19.0 Å². The molecule has 1 heterocycles. The number of nitrogens with zero attached hydrogens (tertiary/aromatic N) is 1. The lowest BCUT2D eigenvalue weighted by molar-refractivity contribution is -0.160. The molecule has 5 nitrogen and oxygen atoms in total. The van der Waals surface area contributed by atoms with Gasteiger partial charge in [-0.2, -0.15) is 0 Å². The van der Waals surface area contributed by atoms with E-state index in [2.05, 4.69) is 10.2 Å². The lowest BCUT2D eigenvalue weighted by atomic mass is 10.1. The average Bonchev–Trinajstić information content (AvgIpc) is 2.99. The molecule has 114 valence electrons. The van der Waals surface area contributed by atoms with Gasteiger partial charge < -0.3 is 10.1 Å². The van der Waals surface area contributed by atoms with Gasteiger partial charge in [-0.25, -0.2) is 0 Å². The molecule has 0 spiro atoms. The zero-order valence-corrected chi connectivity index (χ0v) is 12.8. The Morgan fingerprint density at radius 3 is 2.55 bits per heavy atom. The van der Waals surface area contributed by atoms with Crippen LogP contribution in [0.4, 0.5) is 0 Å². The summed E-state index contributed by atoms with van der Waals surface area (Å²) < 4.78 is 5.45. The van der Waals surface area contributed by atoms with Gasteiger partial charge in [0.25, 0.3) is 0 Å². The van der Waals surface area contributed by atoms with E-state index in [1.54, 1.807) is 0 Å². The van der Waals surface area contributed by atoms with Gasteiger partial charge in [-0.15, -0.1) is 0 Å². The van der Waals surface area contributed by atoms with Crippen molar-refractivity contribution in [3.05, 3.63) is 0 Å². The molecule has 1 aliphatic carbocycles. The Kier molecular flexibility index (Phi) is 4.68. The van der Waals surface area contributed by atoms with Crippen molar-refractivity contribution < 1.29 is 14.3 Å². The molecular weight excluding hydrogens is 256 g/mol. The molecule has 2 aliphatic rings. The normalized spacial score (nSPS) is 23.6. The number of nitrogens with one attached hydrogen (secondary N) is 1. The fourth-order valence-corrected chi connectivity index (χ4v) is 2.50. The summed E-state index contributed by atoms with van der Waals surface area (Å²) in [6.07, 6.45) is 4.51. The highest BCUT2D eigenvalue weighted by Gasteiger charge is 2.34. The van der Waals surface area contributed by atoms with Gasteiger partial charge in [0.2, 0.25) is 5.91 Å². The second-order valence-electron chi connectivity index (χ2n) is 6.82. The quantitative estimate of drug-likeness (QED) is 0.776. The number of esters is 1. The first-order valence-electron chi connectivity index (χ1n) is 7.61. The summed E-state index contributed by atoms with van der Waals surface area (Å²) in [6, 6.07) is 0.227. The molecule has 1 atom stereocenters. The molecular formula is C15H26N2O3. The molecule has 1 N–H and O–H groups in total. The maximum atomic E-state index is 12.1. The predicted molar refractivity (Wildman–Crippen MR) is 76.2 cm³/mol. The minimum atomic E-state index is -0.450. The van der Waals surface area contributed by atoms with Crippen molar-refractivity contribution >= 4 is 11.9 Å². The van der Waals surface area contributed by atoms with Crippen LogP contribution in [0.15, 0.2) is 0 Å². The number of rotatable bonds is 5. The first-order chi connectivity index (χ1) is 9.35. The second-order valence-corrected chi connectivity index (χ2v) is 6.82. The fraction of sp³-hybridized carbons (Fsp3) is 0.867. The monoisotopic (exact) mass is 282 g/mol. The largest absolute Gasteiger partial charge is 0.459 e. The summed E-state index contributed by atoms with van der Waals surface area (Å²) in [7, 11) is 0. The molecule has 1 amide bonds. The second kappa shape index (κ2) is 6.12. The molecule has 1 saturated heterocycles. The maximum absolute atomic E-state index is 12.1. The summed E-state index contributed by atoms with van der Waals surface area (Å²) >= 11 is 0. The molecule has 5 heteroatoms. The van der Waals surface area contributed by atoms with E-state index < -0.39 is 5.60 Å². The van der Waals surface area contributed by atoms with Crippen LogP contribution in [0.5, 0.6) is 0 Å². The van der Waals surface area contributed by atoms with Gasteiger partial charge in [0.15, 0.2) is 0 Å². The number of likely N-dealkylation sites (tertiary alicyclic amines) is 1. The van der Waals surface area contributed by atoms with Crippen LogP contribution in [0.25, 0.3) is 0 Å². The Labute approximate surface area is 121 Å². The summed E-state index contributed by atoms with van der Waals surface area (Å²) in [5.74, 6) is -0.0556. The molecule has 2 fully saturated rings. The molecule has 1 aliphatic heterocycles. The maximum Gasteiger partial charge on any atom is 0.323 e. The molecule has 20 heavy (non-hydrogen) atoms. The average molecular weight is 282 g/mol. The third-order valence-electron chi connectivity index (χ3n) is 3.61. The zero-order valence-electron chi connectivity index (χ0n) is 12.8. The van der Waals surface area contributed by atoms with Crippen LogP contribution in [0.2, 0.25) is 0 Å². The van der Waals surface area contributed by atoms with Crippen LogP contribution in [0.1, 0.15) is 52.9 Å². The van der Waals surface area contributed by atoms with Gasteiger partial charge in [-0.3, -0.25) is 14.5 Å². The molecule has 0 unspecified atom stereocenters. The highest BCUT2D eigenvalue weighted by Crippen LogP contribution is 2.22. The Morgan fingerprint density at radius 1 is 1.25 bits per heavy atom. The van der Waals surface area contributed by atoms with Crippen molar-refractivity contribution in [3.63, 3.8) is 0 Å². The number of carbonyl (C=O) groups excluding carboxylic acids is 2. The Balaban J connectivity index is 1.77. The van der Waals surface area contributed by atoms with Crippen LogP contribution < -0.4 is 5.32 Å². The van der Waals surface area contributed by atoms with Crippen molar-refractivity contribution in [3.8, 4) is 0 Å². The number of ether oxygens (including phenoxy) is 1. The zero-order chi connectivity index (χ0) is 14.8. The molecule has 0 radical (unpaired) electrons. The molecule has 2 rings (SSSR count). The lowest BCUT2D eigenvalue weighted by Crippen LogP contribution is -2.42. The SMILES string of the molecule is CC(C)(C)OC(=O)[C@H]1CCCN1CCC(=O)NC1CC1. The third kappa shape index (κ3) is 4.78. The van der Waals surface area contributed by atoms with E-state index in [1.165, 1.54) is 0 Å². The Morgan fingerprint density at radius 2 is 1.95 bits per heavy atom. The Hall–Kier alpha value is -1.10. The summed E-state index contributed by atoms with van der Waals surface area (Å²) in [5, 5.41) is 2.98. The van der Waals surface area contributed by atoms with E-state index in [0.717, 1.165) is 32.2 Å².